The second-order valence-corrected chi connectivity index (χ2v) is 1.82. The van der Waals surface area contributed by atoms with Crippen LogP contribution in [0.2, 0.25) is 0 Å². The first kappa shape index (κ1) is 4.62. The summed E-state index contributed by atoms with van der Waals surface area (Å²) in [6.45, 7) is 4.01. The van der Waals surface area contributed by atoms with Crippen LogP contribution in [0.1, 0.15) is 13.8 Å². The van der Waals surface area contributed by atoms with Gasteiger partial charge in [0.15, 0.2) is 0 Å². The third-order valence-corrected chi connectivity index (χ3v) is 1.18. The molecular weight excluding hydrogens is 90.1 g/mol. The fraction of sp³-hybridized carbons (Fsp3) is 0.800. The summed E-state index contributed by atoms with van der Waals surface area (Å²) in [4.78, 5) is 4.78. The van der Waals surface area contributed by atoms with E-state index in [2.05, 4.69) is 11.4 Å². The Kier molecular flexibility index (Phi) is 1.01. The first-order valence-electron chi connectivity index (χ1n) is 2.42. The van der Waals surface area contributed by atoms with Crippen LogP contribution in [-0.4, -0.2) is 12.3 Å². The lowest BCUT2D eigenvalue weighted by atomic mass is 10.1. The minimum atomic E-state index is 0.236. The van der Waals surface area contributed by atoms with Gasteiger partial charge in [0.05, 0.1) is 0 Å². The lowest BCUT2D eigenvalue weighted by molar-refractivity contribution is 0.0799. The van der Waals surface area contributed by atoms with Gasteiger partial charge in [-0.1, -0.05) is 12.1 Å². The van der Waals surface area contributed by atoms with E-state index in [1.54, 1.807) is 0 Å². The maximum atomic E-state index is 4.78. The Bertz CT molecular complexity index is 90.1. The quantitative estimate of drug-likeness (QED) is 0.441. The van der Waals surface area contributed by atoms with Crippen LogP contribution in [-0.2, 0) is 4.84 Å². The average Bonchev–Trinajstić information content (AvgIpc) is 1.91. The molecule has 7 heavy (non-hydrogen) atoms. The third kappa shape index (κ3) is 0.734. The maximum Gasteiger partial charge on any atom is 0.133 e. The molecule has 0 amide bonds. The van der Waals surface area contributed by atoms with Crippen LogP contribution in [0.4, 0.5) is 0 Å². The fourth-order valence-electron chi connectivity index (χ4n) is 0.393. The molecule has 0 bridgehead atoms. The minimum Gasteiger partial charge on any atom is -0.392 e. The Balaban J connectivity index is 2.45. The van der Waals surface area contributed by atoms with Gasteiger partial charge in [0.2, 0.25) is 0 Å². The number of hydrogen-bond donors (Lipinski definition) is 0. The van der Waals surface area contributed by atoms with Gasteiger partial charge < -0.3 is 4.84 Å². The first-order valence-corrected chi connectivity index (χ1v) is 2.42. The van der Waals surface area contributed by atoms with Crippen molar-refractivity contribution in [3.05, 3.63) is 0 Å². The highest BCUT2D eigenvalue weighted by molar-refractivity contribution is 5.61. The fourth-order valence-corrected chi connectivity index (χ4v) is 0.393. The van der Waals surface area contributed by atoms with Gasteiger partial charge in [-0.25, -0.2) is 0 Å². The van der Waals surface area contributed by atoms with Crippen LogP contribution >= 0.6 is 0 Å². The zero-order chi connectivity index (χ0) is 5.28. The lowest BCUT2D eigenvalue weighted by Crippen LogP contribution is -2.08. The SMILES string of the molecule is CC1[C]=NOC1C. The number of hydrogen-bond acceptors (Lipinski definition) is 2. The molecule has 2 unspecified atom stereocenters. The van der Waals surface area contributed by atoms with E-state index in [-0.39, 0.29) is 6.10 Å². The number of rotatable bonds is 0. The molecule has 0 fully saturated rings. The maximum absolute atomic E-state index is 4.78. The first-order chi connectivity index (χ1) is 3.30. The zero-order valence-corrected chi connectivity index (χ0v) is 4.51. The molecule has 0 saturated heterocycles. The molecule has 0 N–H and O–H groups in total. The van der Waals surface area contributed by atoms with Gasteiger partial charge >= 0.3 is 0 Å². The highest BCUT2D eigenvalue weighted by Gasteiger charge is 2.16. The molecule has 2 heteroatoms. The monoisotopic (exact) mass is 98.1 g/mol. The van der Waals surface area contributed by atoms with Crippen LogP contribution < -0.4 is 0 Å². The van der Waals surface area contributed by atoms with Crippen LogP contribution in [0.25, 0.3) is 0 Å². The van der Waals surface area contributed by atoms with Crippen molar-refractivity contribution < 1.29 is 4.84 Å². The summed E-state index contributed by atoms with van der Waals surface area (Å²) in [5.41, 5.74) is 0. The van der Waals surface area contributed by atoms with Crippen molar-refractivity contribution in [3.8, 4) is 0 Å². The normalized spacial score (nSPS) is 38.6. The van der Waals surface area contributed by atoms with E-state index < -0.39 is 0 Å². The third-order valence-electron chi connectivity index (χ3n) is 1.18. The van der Waals surface area contributed by atoms with Crippen LogP contribution in [0.15, 0.2) is 5.16 Å². The molecule has 2 nitrogen and oxygen atoms in total. The molecule has 0 aromatic carbocycles. The van der Waals surface area contributed by atoms with E-state index in [1.165, 1.54) is 0 Å². The largest absolute Gasteiger partial charge is 0.392 e. The smallest absolute Gasteiger partial charge is 0.133 e. The highest BCUT2D eigenvalue weighted by atomic mass is 16.6. The van der Waals surface area contributed by atoms with Gasteiger partial charge in [-0.3, -0.25) is 0 Å². The molecule has 39 valence electrons. The topological polar surface area (TPSA) is 21.6 Å². The minimum absolute atomic E-state index is 0.236. The summed E-state index contributed by atoms with van der Waals surface area (Å²) in [5, 5.41) is 3.50. The van der Waals surface area contributed by atoms with Gasteiger partial charge in [0, 0.05) is 5.92 Å². The summed E-state index contributed by atoms with van der Waals surface area (Å²) in [7, 11) is 0. The van der Waals surface area contributed by atoms with E-state index in [1.807, 2.05) is 13.8 Å². The van der Waals surface area contributed by atoms with Crippen molar-refractivity contribution in [2.75, 3.05) is 0 Å². The van der Waals surface area contributed by atoms with Gasteiger partial charge in [-0.05, 0) is 6.92 Å². The molecule has 1 radical (unpaired) electrons. The van der Waals surface area contributed by atoms with Gasteiger partial charge in [-0.15, -0.1) is 0 Å². The summed E-state index contributed by atoms with van der Waals surface area (Å²) < 4.78 is 0. The van der Waals surface area contributed by atoms with Crippen molar-refractivity contribution in [1.29, 1.82) is 0 Å². The number of nitrogens with zero attached hydrogens (tertiary/aromatic N) is 1. The van der Waals surface area contributed by atoms with Crippen LogP contribution in [0, 0.1) is 5.92 Å². The van der Waals surface area contributed by atoms with E-state index in [0.717, 1.165) is 0 Å². The Labute approximate surface area is 43.2 Å². The second kappa shape index (κ2) is 1.52. The van der Waals surface area contributed by atoms with Crippen LogP contribution in [0.3, 0.4) is 0 Å². The summed E-state index contributed by atoms with van der Waals surface area (Å²) in [6, 6.07) is 0. The van der Waals surface area contributed by atoms with E-state index in [0.29, 0.717) is 5.92 Å². The molecule has 0 aliphatic carbocycles. The van der Waals surface area contributed by atoms with Crippen molar-refractivity contribution in [1.82, 2.24) is 0 Å². The molecule has 1 aliphatic heterocycles. The summed E-state index contributed by atoms with van der Waals surface area (Å²) >= 11 is 0. The molecule has 0 spiro atoms. The molecular formula is C5H8NO. The lowest BCUT2D eigenvalue weighted by Gasteiger charge is -2.01. The molecule has 0 saturated carbocycles. The predicted octanol–water partition coefficient (Wildman–Crippen LogP) is 0.904. The Hall–Kier alpha value is -0.530. The van der Waals surface area contributed by atoms with E-state index >= 15 is 0 Å². The van der Waals surface area contributed by atoms with Crippen molar-refractivity contribution in [2.24, 2.45) is 11.1 Å². The van der Waals surface area contributed by atoms with Gasteiger partial charge in [0.1, 0.15) is 12.3 Å². The van der Waals surface area contributed by atoms with E-state index in [9.17, 15) is 0 Å². The molecule has 2 atom stereocenters. The molecule has 0 aromatic heterocycles. The summed E-state index contributed by atoms with van der Waals surface area (Å²) in [5.74, 6) is 0.375. The predicted molar refractivity (Wildman–Crippen MR) is 27.1 cm³/mol. The Morgan fingerprint density at radius 2 is 2.29 bits per heavy atom. The zero-order valence-electron chi connectivity index (χ0n) is 4.51. The molecule has 1 heterocycles. The highest BCUT2D eigenvalue weighted by Crippen LogP contribution is 2.09. The van der Waals surface area contributed by atoms with E-state index in [4.69, 9.17) is 4.84 Å². The van der Waals surface area contributed by atoms with Crippen molar-refractivity contribution in [2.45, 2.75) is 20.0 Å². The molecule has 1 rings (SSSR count). The standard InChI is InChI=1S/C5H8NO/c1-4-3-6-7-5(4)2/h4-5H,1-2H3. The summed E-state index contributed by atoms with van der Waals surface area (Å²) in [6.07, 6.45) is 3.01. The van der Waals surface area contributed by atoms with Crippen molar-refractivity contribution in [3.63, 3.8) is 0 Å². The molecule has 0 aromatic rings. The van der Waals surface area contributed by atoms with Crippen LogP contribution in [0.5, 0.6) is 0 Å². The Morgan fingerprint density at radius 1 is 1.57 bits per heavy atom. The second-order valence-electron chi connectivity index (χ2n) is 1.82. The average molecular weight is 98.1 g/mol. The van der Waals surface area contributed by atoms with Crippen molar-refractivity contribution >= 4 is 6.21 Å². The van der Waals surface area contributed by atoms with Gasteiger partial charge in [0.25, 0.3) is 0 Å². The Morgan fingerprint density at radius 3 is 2.43 bits per heavy atom. The molecule has 1 aliphatic rings. The van der Waals surface area contributed by atoms with Gasteiger partial charge in [-0.2, -0.15) is 0 Å².